The van der Waals surface area contributed by atoms with Crippen molar-refractivity contribution in [1.82, 2.24) is 9.55 Å². The number of hydrogen-bond donors (Lipinski definition) is 0. The maximum Gasteiger partial charge on any atom is 0.237 e. The molecule has 1 atom stereocenters. The van der Waals surface area contributed by atoms with E-state index < -0.39 is 0 Å². The van der Waals surface area contributed by atoms with Gasteiger partial charge in [-0.05, 0) is 37.0 Å². The molecule has 134 valence electrons. The maximum atomic E-state index is 12.8. The van der Waals surface area contributed by atoms with Gasteiger partial charge in [-0.1, -0.05) is 70.1 Å². The monoisotopic (exact) mass is 392 g/mol. The van der Waals surface area contributed by atoms with Crippen molar-refractivity contribution in [1.29, 1.82) is 0 Å². The second-order valence-corrected chi connectivity index (χ2v) is 10.1. The molecular formula is C19H24N2OS3. The van der Waals surface area contributed by atoms with Crippen molar-refractivity contribution in [2.75, 3.05) is 17.8 Å². The summed E-state index contributed by atoms with van der Waals surface area (Å²) in [5, 5.41) is 0.140. The summed E-state index contributed by atoms with van der Waals surface area (Å²) in [5.41, 5.74) is 2.24. The molecule has 0 spiro atoms. The van der Waals surface area contributed by atoms with Crippen LogP contribution in [0.2, 0.25) is 0 Å². The third-order valence-electron chi connectivity index (χ3n) is 4.98. The first-order valence-corrected chi connectivity index (χ1v) is 12.3. The maximum absolute atomic E-state index is 12.8. The molecule has 0 bridgehead atoms. The molecule has 0 unspecified atom stereocenters. The number of thioether (sulfide) groups is 1. The standard InChI is InChI=1S/C19H24N2OS3/c1-15(16-7-4-3-5-8-16)21-14-20-11-17(21)18(22)24-12-19(9-6-10-19)13-25-23-2/h3-5,7-8,11,14-15H,6,9-10,12-13H2,1-2H3/t15-/m1/s1. The highest BCUT2D eigenvalue weighted by molar-refractivity contribution is 8.76. The van der Waals surface area contributed by atoms with E-state index in [-0.39, 0.29) is 11.2 Å². The molecule has 1 aromatic carbocycles. The molecule has 1 saturated carbocycles. The molecule has 3 rings (SSSR count). The van der Waals surface area contributed by atoms with E-state index >= 15 is 0 Å². The fourth-order valence-electron chi connectivity index (χ4n) is 3.15. The first-order valence-electron chi connectivity index (χ1n) is 8.55. The van der Waals surface area contributed by atoms with Gasteiger partial charge < -0.3 is 4.57 Å². The van der Waals surface area contributed by atoms with Gasteiger partial charge >= 0.3 is 0 Å². The summed E-state index contributed by atoms with van der Waals surface area (Å²) in [6.45, 7) is 2.11. The zero-order valence-corrected chi connectivity index (χ0v) is 17.1. The number of hydrogen-bond acceptors (Lipinski definition) is 5. The zero-order valence-electron chi connectivity index (χ0n) is 14.7. The third-order valence-corrected chi connectivity index (χ3v) is 8.24. The number of imidazole rings is 1. The van der Waals surface area contributed by atoms with Gasteiger partial charge in [-0.15, -0.1) is 0 Å². The van der Waals surface area contributed by atoms with Crippen LogP contribution in [0.25, 0.3) is 0 Å². The van der Waals surface area contributed by atoms with Gasteiger partial charge in [0.25, 0.3) is 0 Å². The summed E-state index contributed by atoms with van der Waals surface area (Å²) >= 11 is 1.47. The molecule has 1 aromatic heterocycles. The minimum absolute atomic E-state index is 0.105. The van der Waals surface area contributed by atoms with E-state index in [0.29, 0.717) is 11.1 Å². The fourth-order valence-corrected chi connectivity index (χ4v) is 6.27. The second-order valence-electron chi connectivity index (χ2n) is 6.63. The minimum atomic E-state index is 0.105. The van der Waals surface area contributed by atoms with Crippen LogP contribution in [0.15, 0.2) is 42.9 Å². The largest absolute Gasteiger partial charge is 0.320 e. The molecule has 0 N–H and O–H groups in total. The van der Waals surface area contributed by atoms with Crippen LogP contribution in [0.5, 0.6) is 0 Å². The van der Waals surface area contributed by atoms with Crippen LogP contribution in [0.4, 0.5) is 0 Å². The van der Waals surface area contributed by atoms with Gasteiger partial charge in [0.15, 0.2) is 0 Å². The van der Waals surface area contributed by atoms with Crippen molar-refractivity contribution in [3.05, 3.63) is 54.1 Å². The molecule has 1 aliphatic rings. The number of nitrogens with zero attached hydrogens (tertiary/aromatic N) is 2. The summed E-state index contributed by atoms with van der Waals surface area (Å²) < 4.78 is 1.99. The Balaban J connectivity index is 1.66. The predicted octanol–water partition coefficient (Wildman–Crippen LogP) is 5.55. The Morgan fingerprint density at radius 1 is 1.28 bits per heavy atom. The SMILES string of the molecule is CSSCC1(CSC(=O)c2cncn2[C@H](C)c2ccccc2)CCC1. The van der Waals surface area contributed by atoms with Crippen LogP contribution in [0.1, 0.15) is 48.3 Å². The van der Waals surface area contributed by atoms with E-state index in [0.717, 1.165) is 11.5 Å². The number of carbonyl (C=O) groups excluding carboxylic acids is 1. The molecule has 1 aliphatic carbocycles. The molecular weight excluding hydrogens is 368 g/mol. The van der Waals surface area contributed by atoms with Crippen molar-refractivity contribution >= 4 is 38.5 Å². The first-order chi connectivity index (χ1) is 12.2. The van der Waals surface area contributed by atoms with E-state index in [4.69, 9.17) is 0 Å². The van der Waals surface area contributed by atoms with Crippen LogP contribution < -0.4 is 0 Å². The molecule has 0 amide bonds. The lowest BCUT2D eigenvalue weighted by Crippen LogP contribution is -2.35. The average Bonchev–Trinajstić information content (AvgIpc) is 3.10. The van der Waals surface area contributed by atoms with Crippen molar-refractivity contribution in [2.45, 2.75) is 32.2 Å². The van der Waals surface area contributed by atoms with E-state index in [1.807, 2.05) is 44.4 Å². The van der Waals surface area contributed by atoms with Crippen molar-refractivity contribution in [3.8, 4) is 0 Å². The molecule has 2 aromatic rings. The summed E-state index contributed by atoms with van der Waals surface area (Å²) in [4.78, 5) is 17.1. The van der Waals surface area contributed by atoms with Gasteiger partial charge in [0.2, 0.25) is 5.12 Å². The summed E-state index contributed by atoms with van der Waals surface area (Å²) in [6, 6.07) is 10.4. The van der Waals surface area contributed by atoms with Crippen molar-refractivity contribution < 1.29 is 4.79 Å². The molecule has 0 saturated heterocycles. The third kappa shape index (κ3) is 4.47. The highest BCUT2D eigenvalue weighted by Crippen LogP contribution is 2.47. The van der Waals surface area contributed by atoms with Gasteiger partial charge in [0.05, 0.1) is 18.6 Å². The fraction of sp³-hybridized carbons (Fsp3) is 0.474. The van der Waals surface area contributed by atoms with E-state index in [2.05, 4.69) is 30.3 Å². The molecule has 6 heteroatoms. The van der Waals surface area contributed by atoms with Gasteiger partial charge in [0.1, 0.15) is 5.69 Å². The molecule has 1 fully saturated rings. The Hall–Kier alpha value is -0.850. The molecule has 0 aliphatic heterocycles. The topological polar surface area (TPSA) is 34.9 Å². The lowest BCUT2D eigenvalue weighted by atomic mass is 9.72. The lowest BCUT2D eigenvalue weighted by Gasteiger charge is -2.41. The highest BCUT2D eigenvalue weighted by atomic mass is 33.1. The number of carbonyl (C=O) groups is 1. The van der Waals surface area contributed by atoms with Gasteiger partial charge in [0, 0.05) is 11.5 Å². The quantitative estimate of drug-likeness (QED) is 0.551. The van der Waals surface area contributed by atoms with E-state index in [9.17, 15) is 4.79 Å². The number of rotatable bonds is 8. The van der Waals surface area contributed by atoms with Gasteiger partial charge in [-0.25, -0.2) is 4.98 Å². The lowest BCUT2D eigenvalue weighted by molar-refractivity contribution is 0.107. The van der Waals surface area contributed by atoms with Gasteiger partial charge in [-0.3, -0.25) is 4.79 Å². The summed E-state index contributed by atoms with van der Waals surface area (Å²) in [6.07, 6.45) is 9.40. The highest BCUT2D eigenvalue weighted by Gasteiger charge is 2.37. The van der Waals surface area contributed by atoms with E-state index in [1.165, 1.54) is 36.6 Å². The number of benzene rings is 1. The first kappa shape index (κ1) is 18.9. The Bertz CT molecular complexity index is 698. The summed E-state index contributed by atoms with van der Waals surface area (Å²) in [5.74, 6) is 2.07. The molecule has 0 radical (unpaired) electrons. The Morgan fingerprint density at radius 2 is 2.04 bits per heavy atom. The van der Waals surface area contributed by atoms with Crippen LogP contribution in [0.3, 0.4) is 0 Å². The Kier molecular flexibility index (Phi) is 6.58. The van der Waals surface area contributed by atoms with E-state index in [1.54, 1.807) is 12.5 Å². The number of aromatic nitrogens is 2. The van der Waals surface area contributed by atoms with Crippen molar-refractivity contribution in [2.24, 2.45) is 5.41 Å². The summed E-state index contributed by atoms with van der Waals surface area (Å²) in [7, 11) is 3.74. The predicted molar refractivity (Wildman–Crippen MR) is 112 cm³/mol. The van der Waals surface area contributed by atoms with Crippen LogP contribution >= 0.6 is 33.3 Å². The van der Waals surface area contributed by atoms with Crippen LogP contribution in [0, 0.1) is 5.41 Å². The minimum Gasteiger partial charge on any atom is -0.320 e. The smallest absolute Gasteiger partial charge is 0.237 e. The van der Waals surface area contributed by atoms with Gasteiger partial charge in [-0.2, -0.15) is 0 Å². The molecule has 25 heavy (non-hydrogen) atoms. The second kappa shape index (κ2) is 8.69. The normalized spacial score (nSPS) is 17.0. The van der Waals surface area contributed by atoms with Crippen molar-refractivity contribution in [3.63, 3.8) is 0 Å². The Labute approximate surface area is 162 Å². The average molecular weight is 393 g/mol. The van der Waals surface area contributed by atoms with Crippen LogP contribution in [-0.4, -0.2) is 32.4 Å². The Morgan fingerprint density at radius 3 is 2.68 bits per heavy atom. The zero-order chi connectivity index (χ0) is 17.7. The molecule has 3 nitrogen and oxygen atoms in total. The molecule has 1 heterocycles. The van der Waals surface area contributed by atoms with Crippen LogP contribution in [-0.2, 0) is 0 Å².